The van der Waals surface area contributed by atoms with Gasteiger partial charge in [-0.05, 0) is 18.1 Å². The molecule has 0 spiro atoms. The predicted octanol–water partition coefficient (Wildman–Crippen LogP) is 2.42. The van der Waals surface area contributed by atoms with Crippen LogP contribution in [-0.4, -0.2) is 12.1 Å². The molecule has 0 bridgehead atoms. The van der Waals surface area contributed by atoms with Gasteiger partial charge in [0.15, 0.2) is 0 Å². The van der Waals surface area contributed by atoms with E-state index >= 15 is 0 Å². The van der Waals surface area contributed by atoms with Crippen molar-refractivity contribution in [1.82, 2.24) is 4.98 Å². The molecular formula is C13H16N2O2. The predicted molar refractivity (Wildman–Crippen MR) is 66.1 cm³/mol. The second-order valence-corrected chi connectivity index (χ2v) is 3.85. The fraction of sp³-hybridized carbons (Fsp3) is 0.308. The molecule has 4 heteroatoms. The van der Waals surface area contributed by atoms with E-state index in [9.17, 15) is 0 Å². The van der Waals surface area contributed by atoms with Gasteiger partial charge in [0.2, 0.25) is 0 Å². The summed E-state index contributed by atoms with van der Waals surface area (Å²) in [6.07, 6.45) is 3.24. The molecule has 17 heavy (non-hydrogen) atoms. The molecule has 2 aromatic rings. The molecule has 1 aromatic carbocycles. The molecule has 0 aliphatic rings. The smallest absolute Gasteiger partial charge is 0.292 e. The van der Waals surface area contributed by atoms with Gasteiger partial charge < -0.3 is 14.9 Å². The maximum atomic E-state index is 5.45. The van der Waals surface area contributed by atoms with Gasteiger partial charge in [0, 0.05) is 12.0 Å². The number of oxazole rings is 1. The average molecular weight is 232 g/mol. The third-order valence-electron chi connectivity index (χ3n) is 2.69. The maximum Gasteiger partial charge on any atom is 0.292 e. The number of rotatable bonds is 4. The van der Waals surface area contributed by atoms with Gasteiger partial charge in [0.25, 0.3) is 6.01 Å². The molecule has 2 N–H and O–H groups in total. The Balaban J connectivity index is 2.29. The zero-order chi connectivity index (χ0) is 12.3. The number of methoxy groups -OCH3 is 1. The van der Waals surface area contributed by atoms with E-state index < -0.39 is 0 Å². The van der Waals surface area contributed by atoms with Gasteiger partial charge in [-0.2, -0.15) is 4.98 Å². The number of aryl methyl sites for hydroxylation is 1. The standard InChI is InChI=1S/C13H16N2O2/c1-3-9-4-5-12(16-2)10(6-9)7-11-8-17-13(14)15-11/h4-6,8H,3,7H2,1-2H3,(H2,14,15). The van der Waals surface area contributed by atoms with Crippen LogP contribution in [0, 0.1) is 0 Å². The highest BCUT2D eigenvalue weighted by atomic mass is 16.5. The zero-order valence-corrected chi connectivity index (χ0v) is 10.1. The fourth-order valence-corrected chi connectivity index (χ4v) is 1.79. The van der Waals surface area contributed by atoms with Crippen molar-refractivity contribution in [3.05, 3.63) is 41.3 Å². The average Bonchev–Trinajstić information content (AvgIpc) is 2.74. The molecule has 90 valence electrons. The van der Waals surface area contributed by atoms with Crippen molar-refractivity contribution in [3.8, 4) is 5.75 Å². The van der Waals surface area contributed by atoms with Crippen LogP contribution in [0.4, 0.5) is 6.01 Å². The van der Waals surface area contributed by atoms with Crippen LogP contribution in [0.2, 0.25) is 0 Å². The van der Waals surface area contributed by atoms with Crippen molar-refractivity contribution < 1.29 is 9.15 Å². The number of anilines is 1. The highest BCUT2D eigenvalue weighted by molar-refractivity contribution is 5.39. The highest BCUT2D eigenvalue weighted by Gasteiger charge is 2.08. The third kappa shape index (κ3) is 2.58. The van der Waals surface area contributed by atoms with Crippen LogP contribution in [0.5, 0.6) is 5.75 Å². The molecule has 0 unspecified atom stereocenters. The molecule has 4 nitrogen and oxygen atoms in total. The monoisotopic (exact) mass is 232 g/mol. The summed E-state index contributed by atoms with van der Waals surface area (Å²) in [6, 6.07) is 6.38. The lowest BCUT2D eigenvalue weighted by atomic mass is 10.0. The van der Waals surface area contributed by atoms with Gasteiger partial charge in [0.1, 0.15) is 12.0 Å². The van der Waals surface area contributed by atoms with Crippen LogP contribution < -0.4 is 10.5 Å². The second kappa shape index (κ2) is 4.91. The van der Waals surface area contributed by atoms with E-state index in [1.807, 2.05) is 6.07 Å². The number of hydrogen-bond acceptors (Lipinski definition) is 4. The maximum absolute atomic E-state index is 5.45. The SMILES string of the molecule is CCc1ccc(OC)c(Cc2coc(N)n2)c1. The quantitative estimate of drug-likeness (QED) is 0.879. The summed E-state index contributed by atoms with van der Waals surface area (Å²) in [5, 5.41) is 0. The molecule has 2 rings (SSSR count). The van der Waals surface area contributed by atoms with Crippen molar-refractivity contribution in [1.29, 1.82) is 0 Å². The number of aromatic nitrogens is 1. The third-order valence-corrected chi connectivity index (χ3v) is 2.69. The van der Waals surface area contributed by atoms with E-state index in [0.29, 0.717) is 6.42 Å². The van der Waals surface area contributed by atoms with Crippen LogP contribution in [0.1, 0.15) is 23.7 Å². The number of hydrogen-bond donors (Lipinski definition) is 1. The van der Waals surface area contributed by atoms with Crippen LogP contribution in [0.15, 0.2) is 28.9 Å². The van der Waals surface area contributed by atoms with Crippen LogP contribution in [0.3, 0.4) is 0 Å². The topological polar surface area (TPSA) is 61.3 Å². The number of ether oxygens (including phenoxy) is 1. The van der Waals surface area contributed by atoms with Gasteiger partial charge in [-0.25, -0.2) is 0 Å². The summed E-state index contributed by atoms with van der Waals surface area (Å²) >= 11 is 0. The second-order valence-electron chi connectivity index (χ2n) is 3.85. The minimum atomic E-state index is 0.200. The molecule has 0 saturated carbocycles. The van der Waals surface area contributed by atoms with Crippen LogP contribution >= 0.6 is 0 Å². The lowest BCUT2D eigenvalue weighted by Gasteiger charge is -2.08. The first kappa shape index (κ1) is 11.5. The lowest BCUT2D eigenvalue weighted by Crippen LogP contribution is -1.96. The summed E-state index contributed by atoms with van der Waals surface area (Å²) in [6.45, 7) is 2.12. The summed E-state index contributed by atoms with van der Waals surface area (Å²) in [5.41, 5.74) is 8.64. The molecule has 0 fully saturated rings. The highest BCUT2D eigenvalue weighted by Crippen LogP contribution is 2.23. The molecular weight excluding hydrogens is 216 g/mol. The molecule has 0 aliphatic carbocycles. The van der Waals surface area contributed by atoms with E-state index in [2.05, 4.69) is 24.0 Å². The van der Waals surface area contributed by atoms with Gasteiger partial charge in [-0.1, -0.05) is 19.1 Å². The van der Waals surface area contributed by atoms with Crippen molar-refractivity contribution >= 4 is 6.01 Å². The molecule has 0 aliphatic heterocycles. The number of nitrogens with zero attached hydrogens (tertiary/aromatic N) is 1. The summed E-state index contributed by atoms with van der Waals surface area (Å²) in [5.74, 6) is 0.865. The Morgan fingerprint density at radius 1 is 1.41 bits per heavy atom. The number of nitrogens with two attached hydrogens (primary N) is 1. The van der Waals surface area contributed by atoms with E-state index in [1.165, 1.54) is 5.56 Å². The number of nitrogen functional groups attached to an aromatic ring is 1. The molecule has 0 atom stereocenters. The van der Waals surface area contributed by atoms with Crippen LogP contribution in [-0.2, 0) is 12.8 Å². The molecule has 0 radical (unpaired) electrons. The van der Waals surface area contributed by atoms with Gasteiger partial charge in [0.05, 0.1) is 12.8 Å². The first-order valence-corrected chi connectivity index (χ1v) is 5.58. The first-order chi connectivity index (χ1) is 8.22. The Morgan fingerprint density at radius 2 is 2.24 bits per heavy atom. The minimum Gasteiger partial charge on any atom is -0.496 e. The van der Waals surface area contributed by atoms with Gasteiger partial charge in [-0.3, -0.25) is 0 Å². The van der Waals surface area contributed by atoms with Crippen molar-refractivity contribution in [2.75, 3.05) is 12.8 Å². The van der Waals surface area contributed by atoms with Crippen molar-refractivity contribution in [3.63, 3.8) is 0 Å². The molecule has 1 heterocycles. The van der Waals surface area contributed by atoms with Gasteiger partial charge >= 0.3 is 0 Å². The fourth-order valence-electron chi connectivity index (χ4n) is 1.79. The first-order valence-electron chi connectivity index (χ1n) is 5.58. The number of benzene rings is 1. The van der Waals surface area contributed by atoms with E-state index in [0.717, 1.165) is 23.4 Å². The molecule has 0 saturated heterocycles. The Hall–Kier alpha value is -1.97. The Labute approximate surface area is 100 Å². The summed E-state index contributed by atoms with van der Waals surface area (Å²) in [4.78, 5) is 4.09. The van der Waals surface area contributed by atoms with Crippen LogP contribution in [0.25, 0.3) is 0 Å². The van der Waals surface area contributed by atoms with Gasteiger partial charge in [-0.15, -0.1) is 0 Å². The summed E-state index contributed by atoms with van der Waals surface area (Å²) in [7, 11) is 1.67. The minimum absolute atomic E-state index is 0.200. The van der Waals surface area contributed by atoms with Crippen molar-refractivity contribution in [2.24, 2.45) is 0 Å². The Kier molecular flexibility index (Phi) is 3.32. The largest absolute Gasteiger partial charge is 0.496 e. The van der Waals surface area contributed by atoms with E-state index in [4.69, 9.17) is 14.9 Å². The normalized spacial score (nSPS) is 10.5. The lowest BCUT2D eigenvalue weighted by molar-refractivity contribution is 0.410. The Morgan fingerprint density at radius 3 is 2.82 bits per heavy atom. The Bertz CT molecular complexity index is 506. The van der Waals surface area contributed by atoms with Crippen molar-refractivity contribution in [2.45, 2.75) is 19.8 Å². The van der Waals surface area contributed by atoms with E-state index in [-0.39, 0.29) is 6.01 Å². The zero-order valence-electron chi connectivity index (χ0n) is 10.1. The summed E-state index contributed by atoms with van der Waals surface area (Å²) < 4.78 is 10.3. The molecule has 1 aromatic heterocycles. The van der Waals surface area contributed by atoms with E-state index in [1.54, 1.807) is 13.4 Å². The molecule has 0 amide bonds.